The van der Waals surface area contributed by atoms with Gasteiger partial charge in [-0.3, -0.25) is 4.79 Å². The Morgan fingerprint density at radius 2 is 1.67 bits per heavy atom. The predicted molar refractivity (Wildman–Crippen MR) is 90.8 cm³/mol. The molecule has 0 aliphatic rings. The molecule has 0 bridgehead atoms. The normalized spacial score (nSPS) is 10.6. The Kier molecular flexibility index (Phi) is 3.76. The van der Waals surface area contributed by atoms with Crippen LogP contribution in [0.5, 0.6) is 0 Å². The Labute approximate surface area is 131 Å². The molecule has 1 amide bonds. The molecule has 1 N–H and O–H groups in total. The number of carbonyl (C=O) groups is 1. The lowest BCUT2D eigenvalue weighted by Crippen LogP contribution is -2.13. The highest BCUT2D eigenvalue weighted by Crippen LogP contribution is 2.23. The van der Waals surface area contributed by atoms with E-state index in [9.17, 15) is 4.79 Å². The molecule has 3 aromatic carbocycles. The van der Waals surface area contributed by atoms with E-state index in [0.29, 0.717) is 5.56 Å². The number of halogens is 1. The van der Waals surface area contributed by atoms with E-state index in [2.05, 4.69) is 27.3 Å². The molecule has 0 aliphatic carbocycles. The second kappa shape index (κ2) is 5.70. The minimum atomic E-state index is -0.0791. The summed E-state index contributed by atoms with van der Waals surface area (Å²) in [5.41, 5.74) is 2.48. The monoisotopic (exact) mass is 339 g/mol. The number of carbonyl (C=O) groups excluding carboxylic acids is 1. The first-order chi connectivity index (χ1) is 10.1. The summed E-state index contributed by atoms with van der Waals surface area (Å²) in [5, 5.41) is 5.19. The highest BCUT2D eigenvalue weighted by atomic mass is 79.9. The van der Waals surface area contributed by atoms with Crippen molar-refractivity contribution in [1.82, 2.24) is 0 Å². The smallest absolute Gasteiger partial charge is 0.255 e. The molecule has 104 valence electrons. The molecule has 0 spiro atoms. The first kappa shape index (κ1) is 13.8. The average molecular weight is 340 g/mol. The van der Waals surface area contributed by atoms with Gasteiger partial charge in [-0.2, -0.15) is 0 Å². The molecule has 0 heterocycles. The molecule has 0 fully saturated rings. The van der Waals surface area contributed by atoms with Crippen molar-refractivity contribution in [2.45, 2.75) is 6.92 Å². The zero-order valence-electron chi connectivity index (χ0n) is 11.6. The van der Waals surface area contributed by atoms with Crippen LogP contribution in [0.25, 0.3) is 10.8 Å². The van der Waals surface area contributed by atoms with Crippen molar-refractivity contribution >= 4 is 38.3 Å². The van der Waals surface area contributed by atoms with Gasteiger partial charge in [-0.1, -0.05) is 46.3 Å². The van der Waals surface area contributed by atoms with Gasteiger partial charge in [0.2, 0.25) is 0 Å². The third kappa shape index (κ3) is 2.98. The summed E-state index contributed by atoms with van der Waals surface area (Å²) in [7, 11) is 0. The maximum absolute atomic E-state index is 12.3. The number of anilines is 1. The minimum Gasteiger partial charge on any atom is -0.322 e. The molecule has 21 heavy (non-hydrogen) atoms. The second-order valence-corrected chi connectivity index (χ2v) is 5.89. The van der Waals surface area contributed by atoms with Crippen LogP contribution in [0.2, 0.25) is 0 Å². The third-order valence-electron chi connectivity index (χ3n) is 3.45. The van der Waals surface area contributed by atoms with Crippen LogP contribution in [0.4, 0.5) is 5.69 Å². The quantitative estimate of drug-likeness (QED) is 0.686. The van der Waals surface area contributed by atoms with Crippen LogP contribution in [0, 0.1) is 6.92 Å². The van der Waals surface area contributed by atoms with E-state index in [1.165, 1.54) is 0 Å². The maximum atomic E-state index is 12.3. The summed E-state index contributed by atoms with van der Waals surface area (Å²) in [6.07, 6.45) is 0. The highest BCUT2D eigenvalue weighted by Gasteiger charge is 2.08. The SMILES string of the molecule is Cc1ccccc1C(=O)Nc1ccc2cc(Br)ccc2c1. The van der Waals surface area contributed by atoms with Gasteiger partial charge in [0.1, 0.15) is 0 Å². The molecule has 3 aromatic rings. The second-order valence-electron chi connectivity index (χ2n) is 4.98. The molecule has 0 saturated heterocycles. The number of hydrogen-bond donors (Lipinski definition) is 1. The lowest BCUT2D eigenvalue weighted by atomic mass is 10.1. The van der Waals surface area contributed by atoms with Gasteiger partial charge in [-0.15, -0.1) is 0 Å². The number of nitrogens with one attached hydrogen (secondary N) is 1. The van der Waals surface area contributed by atoms with Crippen molar-refractivity contribution in [1.29, 1.82) is 0 Å². The molecular weight excluding hydrogens is 326 g/mol. The van der Waals surface area contributed by atoms with Crippen LogP contribution in [0.1, 0.15) is 15.9 Å². The largest absolute Gasteiger partial charge is 0.322 e. The van der Waals surface area contributed by atoms with Gasteiger partial charge in [0.05, 0.1) is 0 Å². The first-order valence-electron chi connectivity index (χ1n) is 6.70. The van der Waals surface area contributed by atoms with E-state index in [0.717, 1.165) is 26.5 Å². The van der Waals surface area contributed by atoms with Crippen molar-refractivity contribution in [2.75, 3.05) is 5.32 Å². The molecule has 0 aromatic heterocycles. The maximum Gasteiger partial charge on any atom is 0.255 e. The third-order valence-corrected chi connectivity index (χ3v) is 3.94. The van der Waals surface area contributed by atoms with Crippen LogP contribution < -0.4 is 5.32 Å². The molecule has 0 saturated carbocycles. The fraction of sp³-hybridized carbons (Fsp3) is 0.0556. The fourth-order valence-corrected chi connectivity index (χ4v) is 2.70. The summed E-state index contributed by atoms with van der Waals surface area (Å²) in [6, 6.07) is 19.6. The van der Waals surface area contributed by atoms with E-state index >= 15 is 0 Å². The number of fused-ring (bicyclic) bond motifs is 1. The lowest BCUT2D eigenvalue weighted by molar-refractivity contribution is 0.102. The molecular formula is C18H14BrNO. The molecule has 3 heteroatoms. The Bertz CT molecular complexity index is 826. The fourth-order valence-electron chi connectivity index (χ4n) is 2.32. The van der Waals surface area contributed by atoms with Crippen molar-refractivity contribution < 1.29 is 4.79 Å². The van der Waals surface area contributed by atoms with Gasteiger partial charge in [0.15, 0.2) is 0 Å². The van der Waals surface area contributed by atoms with Crippen LogP contribution in [0.15, 0.2) is 65.1 Å². The topological polar surface area (TPSA) is 29.1 Å². The predicted octanol–water partition coefficient (Wildman–Crippen LogP) is 5.16. The molecule has 0 aliphatic heterocycles. The van der Waals surface area contributed by atoms with Crippen LogP contribution in [-0.4, -0.2) is 5.91 Å². The van der Waals surface area contributed by atoms with Gasteiger partial charge in [-0.05, 0) is 53.6 Å². The van der Waals surface area contributed by atoms with E-state index in [4.69, 9.17) is 0 Å². The summed E-state index contributed by atoms with van der Waals surface area (Å²) < 4.78 is 1.05. The minimum absolute atomic E-state index is 0.0791. The number of aryl methyl sites for hydroxylation is 1. The van der Waals surface area contributed by atoms with Crippen LogP contribution >= 0.6 is 15.9 Å². The number of benzene rings is 3. The molecule has 2 nitrogen and oxygen atoms in total. The van der Waals surface area contributed by atoms with Crippen LogP contribution in [-0.2, 0) is 0 Å². The molecule has 3 rings (SSSR count). The van der Waals surface area contributed by atoms with Crippen LogP contribution in [0.3, 0.4) is 0 Å². The van der Waals surface area contributed by atoms with E-state index < -0.39 is 0 Å². The summed E-state index contributed by atoms with van der Waals surface area (Å²) >= 11 is 3.46. The van der Waals surface area contributed by atoms with E-state index in [1.54, 1.807) is 0 Å². The molecule has 0 atom stereocenters. The van der Waals surface area contributed by atoms with Crippen molar-refractivity contribution in [2.24, 2.45) is 0 Å². The van der Waals surface area contributed by atoms with Gasteiger partial charge in [0, 0.05) is 15.7 Å². The summed E-state index contributed by atoms with van der Waals surface area (Å²) in [4.78, 5) is 12.3. The summed E-state index contributed by atoms with van der Waals surface area (Å²) in [6.45, 7) is 1.94. The Balaban J connectivity index is 1.90. The Morgan fingerprint density at radius 3 is 2.48 bits per heavy atom. The molecule has 0 radical (unpaired) electrons. The van der Waals surface area contributed by atoms with Crippen molar-refractivity contribution in [3.63, 3.8) is 0 Å². The Hall–Kier alpha value is -2.13. The number of amides is 1. The van der Waals surface area contributed by atoms with Gasteiger partial charge in [0.25, 0.3) is 5.91 Å². The Morgan fingerprint density at radius 1 is 0.952 bits per heavy atom. The van der Waals surface area contributed by atoms with Gasteiger partial charge in [-0.25, -0.2) is 0 Å². The number of hydrogen-bond acceptors (Lipinski definition) is 1. The first-order valence-corrected chi connectivity index (χ1v) is 7.49. The zero-order chi connectivity index (χ0) is 14.8. The standard InChI is InChI=1S/C18H14BrNO/c1-12-4-2-3-5-17(12)18(21)20-16-9-7-13-10-15(19)8-6-14(13)11-16/h2-11H,1H3,(H,20,21). The van der Waals surface area contributed by atoms with Gasteiger partial charge >= 0.3 is 0 Å². The van der Waals surface area contributed by atoms with E-state index in [1.807, 2.05) is 61.5 Å². The highest BCUT2D eigenvalue weighted by molar-refractivity contribution is 9.10. The van der Waals surface area contributed by atoms with Gasteiger partial charge < -0.3 is 5.32 Å². The molecule has 0 unspecified atom stereocenters. The van der Waals surface area contributed by atoms with E-state index in [-0.39, 0.29) is 5.91 Å². The average Bonchev–Trinajstić information content (AvgIpc) is 2.48. The summed E-state index contributed by atoms with van der Waals surface area (Å²) in [5.74, 6) is -0.0791. The van der Waals surface area contributed by atoms with Crippen molar-refractivity contribution in [3.8, 4) is 0 Å². The number of rotatable bonds is 2. The zero-order valence-corrected chi connectivity index (χ0v) is 13.1. The van der Waals surface area contributed by atoms with Crippen molar-refractivity contribution in [3.05, 3.63) is 76.3 Å². The lowest BCUT2D eigenvalue weighted by Gasteiger charge is -2.08.